The van der Waals surface area contributed by atoms with Crippen molar-refractivity contribution < 1.29 is 14.6 Å². The van der Waals surface area contributed by atoms with Gasteiger partial charge in [-0.15, -0.1) is 0 Å². The highest BCUT2D eigenvalue weighted by Gasteiger charge is 2.28. The van der Waals surface area contributed by atoms with Crippen LogP contribution in [0.4, 0.5) is 5.95 Å². The van der Waals surface area contributed by atoms with E-state index in [4.69, 9.17) is 9.84 Å². The van der Waals surface area contributed by atoms with Crippen molar-refractivity contribution in [2.75, 3.05) is 25.1 Å². The minimum absolute atomic E-state index is 0.199. The Morgan fingerprint density at radius 3 is 2.95 bits per heavy atom. The molecule has 1 aromatic carbocycles. The number of fused-ring (bicyclic) bond motifs is 1. The van der Waals surface area contributed by atoms with Gasteiger partial charge in [0.2, 0.25) is 5.95 Å². The first-order valence-electron chi connectivity index (χ1n) is 5.96. The number of hydrogen-bond acceptors (Lipinski definition) is 5. The van der Waals surface area contributed by atoms with Gasteiger partial charge < -0.3 is 14.7 Å². The number of methoxy groups -OCH3 is 1. The molecule has 6 heteroatoms. The molecular weight excluding hydrogens is 246 g/mol. The van der Waals surface area contributed by atoms with Gasteiger partial charge in [0.25, 0.3) is 0 Å². The lowest BCUT2D eigenvalue weighted by Gasteiger charge is -2.38. The number of hydrogen-bond donors (Lipinski definition) is 1. The number of para-hydroxylation sites is 1. The number of carbonyl (C=O) groups is 1. The van der Waals surface area contributed by atoms with E-state index in [9.17, 15) is 4.79 Å². The number of benzene rings is 1. The van der Waals surface area contributed by atoms with Crippen molar-refractivity contribution >= 4 is 22.8 Å². The maximum absolute atomic E-state index is 11.2. The highest BCUT2D eigenvalue weighted by atomic mass is 16.5. The van der Waals surface area contributed by atoms with Crippen molar-refractivity contribution in [3.8, 4) is 0 Å². The van der Waals surface area contributed by atoms with Crippen LogP contribution in [0.15, 0.2) is 24.4 Å². The van der Waals surface area contributed by atoms with Crippen molar-refractivity contribution in [3.05, 3.63) is 30.0 Å². The van der Waals surface area contributed by atoms with E-state index in [1.165, 1.54) is 0 Å². The summed E-state index contributed by atoms with van der Waals surface area (Å²) in [7, 11) is 1.67. The molecule has 0 saturated carbocycles. The molecule has 2 heterocycles. The van der Waals surface area contributed by atoms with Gasteiger partial charge in [0.15, 0.2) is 0 Å². The second kappa shape index (κ2) is 4.47. The summed E-state index contributed by atoms with van der Waals surface area (Å²) in [5, 5.41) is 9.90. The minimum Gasteiger partial charge on any atom is -0.478 e. The molecule has 6 nitrogen and oxygen atoms in total. The fourth-order valence-electron chi connectivity index (χ4n) is 2.12. The van der Waals surface area contributed by atoms with Crippen LogP contribution in [0.5, 0.6) is 0 Å². The Labute approximate surface area is 109 Å². The first-order chi connectivity index (χ1) is 9.19. The number of ether oxygens (including phenoxy) is 1. The Balaban J connectivity index is 2.00. The number of rotatable bonds is 3. The zero-order valence-electron chi connectivity index (χ0n) is 10.4. The summed E-state index contributed by atoms with van der Waals surface area (Å²) in [4.78, 5) is 21.8. The molecule has 1 aliphatic rings. The van der Waals surface area contributed by atoms with Crippen molar-refractivity contribution in [1.82, 2.24) is 9.97 Å². The summed E-state index contributed by atoms with van der Waals surface area (Å²) in [5.41, 5.74) is 0.672. The molecule has 0 radical (unpaired) electrons. The van der Waals surface area contributed by atoms with Crippen molar-refractivity contribution in [2.45, 2.75) is 6.10 Å². The Hall–Kier alpha value is -2.21. The van der Waals surface area contributed by atoms with Gasteiger partial charge in [-0.05, 0) is 6.07 Å². The fraction of sp³-hybridized carbons (Fsp3) is 0.308. The van der Waals surface area contributed by atoms with Gasteiger partial charge in [-0.25, -0.2) is 14.8 Å². The summed E-state index contributed by atoms with van der Waals surface area (Å²) in [6.45, 7) is 1.47. The quantitative estimate of drug-likeness (QED) is 0.891. The maximum atomic E-state index is 11.2. The third kappa shape index (κ3) is 2.00. The standard InChI is InChI=1S/C13H13N3O3/c1-19-9-6-16(7-9)13-14-5-8-3-2-4-10(12(17)18)11(8)15-13/h2-5,9H,6-7H2,1H3,(H,17,18). The third-order valence-corrected chi connectivity index (χ3v) is 3.29. The normalized spacial score (nSPS) is 15.5. The Kier molecular flexibility index (Phi) is 2.79. The number of carboxylic acid groups (broad SMARTS) is 1. The van der Waals surface area contributed by atoms with Crippen molar-refractivity contribution in [3.63, 3.8) is 0 Å². The number of carboxylic acids is 1. The topological polar surface area (TPSA) is 75.5 Å². The summed E-state index contributed by atoms with van der Waals surface area (Å²) >= 11 is 0. The fourth-order valence-corrected chi connectivity index (χ4v) is 2.12. The molecule has 0 bridgehead atoms. The van der Waals surface area contributed by atoms with Crippen molar-refractivity contribution in [2.24, 2.45) is 0 Å². The molecule has 3 rings (SSSR count). The van der Waals surface area contributed by atoms with Crippen LogP contribution in [0.25, 0.3) is 10.9 Å². The second-order valence-corrected chi connectivity index (χ2v) is 4.48. The first kappa shape index (κ1) is 11.9. The molecule has 1 fully saturated rings. The largest absolute Gasteiger partial charge is 0.478 e. The molecule has 19 heavy (non-hydrogen) atoms. The van der Waals surface area contributed by atoms with E-state index in [2.05, 4.69) is 9.97 Å². The van der Waals surface area contributed by atoms with Crippen LogP contribution in [-0.2, 0) is 4.74 Å². The average Bonchev–Trinajstić information content (AvgIpc) is 2.36. The van der Waals surface area contributed by atoms with Gasteiger partial charge in [-0.2, -0.15) is 0 Å². The lowest BCUT2D eigenvalue weighted by molar-refractivity contribution is 0.0698. The van der Waals surface area contributed by atoms with E-state index in [0.717, 1.165) is 18.5 Å². The second-order valence-electron chi connectivity index (χ2n) is 4.48. The Bertz CT molecular complexity index is 638. The lowest BCUT2D eigenvalue weighted by atomic mass is 10.1. The van der Waals surface area contributed by atoms with E-state index < -0.39 is 5.97 Å². The van der Waals surface area contributed by atoms with Gasteiger partial charge in [0.05, 0.1) is 17.2 Å². The first-order valence-corrected chi connectivity index (χ1v) is 5.96. The molecule has 98 valence electrons. The number of aromatic nitrogens is 2. The zero-order valence-corrected chi connectivity index (χ0v) is 10.4. The molecule has 2 aromatic rings. The molecular formula is C13H13N3O3. The SMILES string of the molecule is COC1CN(c2ncc3cccc(C(=O)O)c3n2)C1. The van der Waals surface area contributed by atoms with E-state index in [0.29, 0.717) is 11.5 Å². The molecule has 0 spiro atoms. The molecule has 0 atom stereocenters. The van der Waals surface area contributed by atoms with Crippen LogP contribution in [0.2, 0.25) is 0 Å². The van der Waals surface area contributed by atoms with Gasteiger partial charge >= 0.3 is 5.97 Å². The van der Waals surface area contributed by atoms with E-state index >= 15 is 0 Å². The number of nitrogens with zero attached hydrogens (tertiary/aromatic N) is 3. The summed E-state index contributed by atoms with van der Waals surface area (Å²) < 4.78 is 5.20. The van der Waals surface area contributed by atoms with Crippen molar-refractivity contribution in [1.29, 1.82) is 0 Å². The van der Waals surface area contributed by atoms with Crippen LogP contribution in [0.3, 0.4) is 0 Å². The molecule has 1 saturated heterocycles. The molecule has 1 aliphatic heterocycles. The molecule has 0 unspecified atom stereocenters. The average molecular weight is 259 g/mol. The Morgan fingerprint density at radius 2 is 2.26 bits per heavy atom. The van der Waals surface area contributed by atoms with E-state index in [1.54, 1.807) is 31.5 Å². The van der Waals surface area contributed by atoms with Crippen LogP contribution in [0.1, 0.15) is 10.4 Å². The molecule has 1 N–H and O–H groups in total. The minimum atomic E-state index is -0.978. The van der Waals surface area contributed by atoms with E-state index in [1.807, 2.05) is 4.90 Å². The molecule has 0 aliphatic carbocycles. The smallest absolute Gasteiger partial charge is 0.337 e. The van der Waals surface area contributed by atoms with Crippen LogP contribution < -0.4 is 4.90 Å². The molecule has 1 aromatic heterocycles. The summed E-state index contributed by atoms with van der Waals surface area (Å²) in [6, 6.07) is 5.05. The lowest BCUT2D eigenvalue weighted by Crippen LogP contribution is -2.52. The van der Waals surface area contributed by atoms with E-state index in [-0.39, 0.29) is 11.7 Å². The highest BCUT2D eigenvalue weighted by molar-refractivity contribution is 6.01. The van der Waals surface area contributed by atoms with Crippen LogP contribution in [0, 0.1) is 0 Å². The summed E-state index contributed by atoms with van der Waals surface area (Å²) in [6.07, 6.45) is 1.86. The molecule has 0 amide bonds. The van der Waals surface area contributed by atoms with Gasteiger partial charge in [-0.3, -0.25) is 0 Å². The van der Waals surface area contributed by atoms with Gasteiger partial charge in [0, 0.05) is 31.8 Å². The summed E-state index contributed by atoms with van der Waals surface area (Å²) in [5.74, 6) is -0.428. The number of anilines is 1. The predicted molar refractivity (Wildman–Crippen MR) is 69.5 cm³/mol. The third-order valence-electron chi connectivity index (χ3n) is 3.29. The highest BCUT2D eigenvalue weighted by Crippen LogP contribution is 2.22. The monoisotopic (exact) mass is 259 g/mol. The van der Waals surface area contributed by atoms with Gasteiger partial charge in [-0.1, -0.05) is 12.1 Å². The van der Waals surface area contributed by atoms with Crippen LogP contribution >= 0.6 is 0 Å². The van der Waals surface area contributed by atoms with Crippen LogP contribution in [-0.4, -0.2) is 47.3 Å². The predicted octanol–water partition coefficient (Wildman–Crippen LogP) is 1.16. The van der Waals surface area contributed by atoms with Gasteiger partial charge in [0.1, 0.15) is 0 Å². The zero-order chi connectivity index (χ0) is 13.4. The number of aromatic carboxylic acids is 1. The maximum Gasteiger partial charge on any atom is 0.337 e. The Morgan fingerprint density at radius 1 is 1.47 bits per heavy atom.